The third kappa shape index (κ3) is 3.09. The Morgan fingerprint density at radius 2 is 1.82 bits per heavy atom. The molecule has 0 unspecified atom stereocenters. The Kier molecular flexibility index (Phi) is 4.73. The molecule has 144 valence electrons. The van der Waals surface area contributed by atoms with E-state index in [0.29, 0.717) is 31.8 Å². The average Bonchev–Trinajstić information content (AvgIpc) is 2.76. The van der Waals surface area contributed by atoms with Gasteiger partial charge in [0.2, 0.25) is 0 Å². The SMILES string of the molecule is COc1ccccc1N1CCN(C(=O)c2cc3cccnc3n(C)c2=O)CC1. The van der Waals surface area contributed by atoms with Gasteiger partial charge in [-0.25, -0.2) is 4.98 Å². The van der Waals surface area contributed by atoms with Crippen molar-refractivity contribution < 1.29 is 9.53 Å². The number of para-hydroxylation sites is 2. The molecule has 0 radical (unpaired) electrons. The molecule has 28 heavy (non-hydrogen) atoms. The van der Waals surface area contributed by atoms with Gasteiger partial charge in [-0.05, 0) is 30.3 Å². The van der Waals surface area contributed by atoms with E-state index in [4.69, 9.17) is 4.74 Å². The van der Waals surface area contributed by atoms with Crippen LogP contribution in [0.3, 0.4) is 0 Å². The second kappa shape index (κ2) is 7.34. The van der Waals surface area contributed by atoms with Crippen LogP contribution in [0, 0.1) is 0 Å². The summed E-state index contributed by atoms with van der Waals surface area (Å²) in [5.41, 5.74) is 1.46. The van der Waals surface area contributed by atoms with Gasteiger partial charge in [0.05, 0.1) is 12.8 Å². The molecule has 0 atom stereocenters. The van der Waals surface area contributed by atoms with Gasteiger partial charge in [-0.3, -0.25) is 14.2 Å². The monoisotopic (exact) mass is 378 g/mol. The molecular weight excluding hydrogens is 356 g/mol. The predicted molar refractivity (Wildman–Crippen MR) is 108 cm³/mol. The lowest BCUT2D eigenvalue weighted by atomic mass is 10.1. The first-order chi connectivity index (χ1) is 13.6. The van der Waals surface area contributed by atoms with Crippen molar-refractivity contribution in [1.82, 2.24) is 14.5 Å². The number of aryl methyl sites for hydroxylation is 1. The molecule has 0 spiro atoms. The van der Waals surface area contributed by atoms with Gasteiger partial charge in [-0.1, -0.05) is 12.1 Å². The summed E-state index contributed by atoms with van der Waals surface area (Å²) in [5.74, 6) is 0.587. The number of carbonyl (C=O) groups excluding carboxylic acids is 1. The number of hydrogen-bond donors (Lipinski definition) is 0. The first-order valence-corrected chi connectivity index (χ1v) is 9.22. The Morgan fingerprint density at radius 3 is 2.57 bits per heavy atom. The topological polar surface area (TPSA) is 67.7 Å². The fourth-order valence-corrected chi connectivity index (χ4v) is 3.66. The maximum absolute atomic E-state index is 13.0. The molecule has 1 aromatic carbocycles. The van der Waals surface area contributed by atoms with Crippen molar-refractivity contribution in [3.05, 3.63) is 64.6 Å². The zero-order chi connectivity index (χ0) is 19.7. The molecule has 1 aliphatic heterocycles. The second-order valence-electron chi connectivity index (χ2n) is 6.79. The standard InChI is InChI=1S/C21H22N4O3/c1-23-19-15(6-5-9-22-19)14-16(20(23)26)21(27)25-12-10-24(11-13-25)17-7-3-4-8-18(17)28-2/h3-9,14H,10-13H2,1-2H3. The Labute approximate surface area is 162 Å². The molecule has 2 aromatic heterocycles. The number of aromatic nitrogens is 2. The minimum atomic E-state index is -0.316. The molecule has 1 aliphatic rings. The van der Waals surface area contributed by atoms with Crippen LogP contribution in [0.5, 0.6) is 5.75 Å². The Balaban J connectivity index is 1.56. The van der Waals surface area contributed by atoms with Crippen molar-refractivity contribution in [3.8, 4) is 5.75 Å². The average molecular weight is 378 g/mol. The van der Waals surface area contributed by atoms with Gasteiger partial charge in [-0.2, -0.15) is 0 Å². The first-order valence-electron chi connectivity index (χ1n) is 9.22. The molecule has 4 rings (SSSR count). The van der Waals surface area contributed by atoms with Crippen molar-refractivity contribution in [1.29, 1.82) is 0 Å². The summed E-state index contributed by atoms with van der Waals surface area (Å²) in [6.45, 7) is 2.46. The maximum Gasteiger partial charge on any atom is 0.264 e. The van der Waals surface area contributed by atoms with E-state index in [2.05, 4.69) is 9.88 Å². The molecule has 3 heterocycles. The highest BCUT2D eigenvalue weighted by Gasteiger charge is 2.26. The summed E-state index contributed by atoms with van der Waals surface area (Å²) in [6.07, 6.45) is 1.64. The quantitative estimate of drug-likeness (QED) is 0.696. The van der Waals surface area contributed by atoms with Crippen LogP contribution in [0.2, 0.25) is 0 Å². The number of piperazine rings is 1. The van der Waals surface area contributed by atoms with Crippen molar-refractivity contribution >= 4 is 22.6 Å². The Morgan fingerprint density at radius 1 is 1.07 bits per heavy atom. The van der Waals surface area contributed by atoms with Crippen molar-refractivity contribution in [2.45, 2.75) is 0 Å². The number of methoxy groups -OCH3 is 1. The molecule has 7 nitrogen and oxygen atoms in total. The highest BCUT2D eigenvalue weighted by Crippen LogP contribution is 2.28. The fourth-order valence-electron chi connectivity index (χ4n) is 3.66. The molecular formula is C21H22N4O3. The largest absolute Gasteiger partial charge is 0.495 e. The lowest BCUT2D eigenvalue weighted by molar-refractivity contribution is 0.0744. The van der Waals surface area contributed by atoms with Gasteiger partial charge in [0, 0.05) is 44.8 Å². The molecule has 0 bridgehead atoms. The third-order valence-electron chi connectivity index (χ3n) is 5.19. The number of hydrogen-bond acceptors (Lipinski definition) is 5. The van der Waals surface area contributed by atoms with E-state index in [1.807, 2.05) is 30.3 Å². The molecule has 1 amide bonds. The lowest BCUT2D eigenvalue weighted by Crippen LogP contribution is -2.50. The van der Waals surface area contributed by atoms with Gasteiger partial charge < -0.3 is 14.5 Å². The van der Waals surface area contributed by atoms with E-state index >= 15 is 0 Å². The summed E-state index contributed by atoms with van der Waals surface area (Å²) in [6, 6.07) is 13.2. The van der Waals surface area contributed by atoms with Crippen LogP contribution < -0.4 is 15.2 Å². The van der Waals surface area contributed by atoms with E-state index in [0.717, 1.165) is 16.8 Å². The number of fused-ring (bicyclic) bond motifs is 1. The molecule has 7 heteroatoms. The smallest absolute Gasteiger partial charge is 0.264 e. The van der Waals surface area contributed by atoms with E-state index in [-0.39, 0.29) is 17.0 Å². The summed E-state index contributed by atoms with van der Waals surface area (Å²) >= 11 is 0. The zero-order valence-electron chi connectivity index (χ0n) is 16.0. The van der Waals surface area contributed by atoms with E-state index in [9.17, 15) is 9.59 Å². The minimum Gasteiger partial charge on any atom is -0.495 e. The second-order valence-corrected chi connectivity index (χ2v) is 6.79. The number of nitrogens with zero attached hydrogens (tertiary/aromatic N) is 4. The Hall–Kier alpha value is -3.35. The molecule has 1 fully saturated rings. The Bertz CT molecular complexity index is 1080. The number of anilines is 1. The number of benzene rings is 1. The number of ether oxygens (including phenoxy) is 1. The van der Waals surface area contributed by atoms with Crippen molar-refractivity contribution in [2.24, 2.45) is 7.05 Å². The molecule has 1 saturated heterocycles. The van der Waals surface area contributed by atoms with Crippen LogP contribution in [0.4, 0.5) is 5.69 Å². The van der Waals surface area contributed by atoms with E-state index < -0.39 is 0 Å². The van der Waals surface area contributed by atoms with Crippen LogP contribution in [0.15, 0.2) is 53.5 Å². The van der Waals surface area contributed by atoms with Gasteiger partial charge >= 0.3 is 0 Å². The van der Waals surface area contributed by atoms with Crippen molar-refractivity contribution in [2.75, 3.05) is 38.2 Å². The highest BCUT2D eigenvalue weighted by molar-refractivity contribution is 5.97. The van der Waals surface area contributed by atoms with Gasteiger partial charge in [0.1, 0.15) is 17.0 Å². The normalized spacial score (nSPS) is 14.4. The third-order valence-corrected chi connectivity index (χ3v) is 5.19. The molecule has 0 saturated carbocycles. The first kappa shape index (κ1) is 18.0. The summed E-state index contributed by atoms with van der Waals surface area (Å²) in [7, 11) is 3.30. The predicted octanol–water partition coefficient (Wildman–Crippen LogP) is 1.90. The van der Waals surface area contributed by atoms with Crippen LogP contribution in [0.1, 0.15) is 10.4 Å². The lowest BCUT2D eigenvalue weighted by Gasteiger charge is -2.36. The van der Waals surface area contributed by atoms with Crippen LogP contribution >= 0.6 is 0 Å². The van der Waals surface area contributed by atoms with Crippen LogP contribution in [0.25, 0.3) is 11.0 Å². The number of rotatable bonds is 3. The van der Waals surface area contributed by atoms with Crippen molar-refractivity contribution in [3.63, 3.8) is 0 Å². The summed E-state index contributed by atoms with van der Waals surface area (Å²) in [4.78, 5) is 33.9. The minimum absolute atomic E-state index is 0.189. The number of carbonyl (C=O) groups is 1. The maximum atomic E-state index is 13.0. The number of pyridine rings is 2. The van der Waals surface area contributed by atoms with Gasteiger partial charge in [0.25, 0.3) is 11.5 Å². The summed E-state index contributed by atoms with van der Waals surface area (Å²) < 4.78 is 6.88. The van der Waals surface area contributed by atoms with E-state index in [1.165, 1.54) is 4.57 Å². The van der Waals surface area contributed by atoms with Crippen LogP contribution in [-0.4, -0.2) is 53.6 Å². The summed E-state index contributed by atoms with van der Waals surface area (Å²) in [5, 5.41) is 0.778. The molecule has 0 aliphatic carbocycles. The van der Waals surface area contributed by atoms with Crippen LogP contribution in [-0.2, 0) is 7.05 Å². The zero-order valence-corrected chi connectivity index (χ0v) is 16.0. The van der Waals surface area contributed by atoms with E-state index in [1.54, 1.807) is 37.4 Å². The van der Waals surface area contributed by atoms with Gasteiger partial charge in [-0.15, -0.1) is 0 Å². The highest BCUT2D eigenvalue weighted by atomic mass is 16.5. The molecule has 3 aromatic rings. The fraction of sp³-hybridized carbons (Fsp3) is 0.286. The number of amides is 1. The molecule has 0 N–H and O–H groups in total. The van der Waals surface area contributed by atoms with Gasteiger partial charge in [0.15, 0.2) is 0 Å².